The second kappa shape index (κ2) is 6.26. The van der Waals surface area contributed by atoms with Crippen molar-refractivity contribution in [1.29, 1.82) is 0 Å². The van der Waals surface area contributed by atoms with Crippen molar-refractivity contribution in [2.45, 2.75) is 56.3 Å². The fraction of sp³-hybridized carbons (Fsp3) is 0.706. The highest BCUT2D eigenvalue weighted by molar-refractivity contribution is 5.84. The van der Waals surface area contributed by atoms with Crippen molar-refractivity contribution in [1.82, 2.24) is 19.5 Å². The van der Waals surface area contributed by atoms with E-state index in [9.17, 15) is 15.3 Å². The average Bonchev–Trinajstić information content (AvgIpc) is 3.41. The topological polar surface area (TPSA) is 152 Å². The number of nitrogens with zero attached hydrogens (tertiary/aromatic N) is 4. The molecule has 3 unspecified atom stereocenters. The van der Waals surface area contributed by atoms with Gasteiger partial charge in [0.05, 0.1) is 12.9 Å². The van der Waals surface area contributed by atoms with Crippen LogP contribution in [0.3, 0.4) is 0 Å². The molecule has 2 bridgehead atoms. The summed E-state index contributed by atoms with van der Waals surface area (Å²) < 4.78 is 7.12. The van der Waals surface area contributed by atoms with E-state index in [1.165, 1.54) is 30.2 Å². The van der Waals surface area contributed by atoms with Crippen LogP contribution in [0.25, 0.3) is 11.2 Å². The summed E-state index contributed by atoms with van der Waals surface area (Å²) in [6.45, 7) is -0.393. The first-order valence-corrected chi connectivity index (χ1v) is 9.44. The molecular formula is C17H24N6O4. The van der Waals surface area contributed by atoms with E-state index in [4.69, 9.17) is 10.5 Å². The zero-order valence-electron chi connectivity index (χ0n) is 14.8. The van der Waals surface area contributed by atoms with Crippen LogP contribution in [0.5, 0.6) is 0 Å². The second-order valence-electron chi connectivity index (χ2n) is 7.91. The SMILES string of the molecule is Nc1nc(NC2CC3CCC2C3)c2ncn([C@@H]3O[C@H](CO)[C@H](O)[C@@H]3O)c2n1. The Morgan fingerprint density at radius 2 is 2.07 bits per heavy atom. The number of nitrogens with two attached hydrogens (primary N) is 1. The maximum Gasteiger partial charge on any atom is 0.224 e. The lowest BCUT2D eigenvalue weighted by atomic mass is 9.95. The molecule has 146 valence electrons. The number of aromatic nitrogens is 4. The summed E-state index contributed by atoms with van der Waals surface area (Å²) in [7, 11) is 0. The molecule has 5 rings (SSSR count). The van der Waals surface area contributed by atoms with Gasteiger partial charge in [0, 0.05) is 6.04 Å². The maximum absolute atomic E-state index is 10.3. The number of aliphatic hydroxyl groups is 3. The van der Waals surface area contributed by atoms with E-state index in [1.54, 1.807) is 0 Å². The van der Waals surface area contributed by atoms with Crippen molar-refractivity contribution in [3.63, 3.8) is 0 Å². The van der Waals surface area contributed by atoms with Gasteiger partial charge in [-0.15, -0.1) is 0 Å². The highest BCUT2D eigenvalue weighted by Crippen LogP contribution is 2.45. The number of hydrogen-bond donors (Lipinski definition) is 5. The first-order chi connectivity index (χ1) is 13.0. The van der Waals surface area contributed by atoms with Crippen LogP contribution in [0, 0.1) is 11.8 Å². The molecule has 7 atom stereocenters. The van der Waals surface area contributed by atoms with Gasteiger partial charge >= 0.3 is 0 Å². The van der Waals surface area contributed by atoms with Gasteiger partial charge in [-0.3, -0.25) is 4.57 Å². The molecule has 0 spiro atoms. The Morgan fingerprint density at radius 1 is 1.22 bits per heavy atom. The first kappa shape index (κ1) is 17.1. The van der Waals surface area contributed by atoms with Gasteiger partial charge in [-0.25, -0.2) is 4.98 Å². The Balaban J connectivity index is 1.48. The molecule has 27 heavy (non-hydrogen) atoms. The average molecular weight is 376 g/mol. The van der Waals surface area contributed by atoms with Crippen LogP contribution in [0.15, 0.2) is 6.33 Å². The van der Waals surface area contributed by atoms with E-state index in [0.717, 1.165) is 12.3 Å². The van der Waals surface area contributed by atoms with Gasteiger partial charge in [0.15, 0.2) is 23.2 Å². The minimum absolute atomic E-state index is 0.0987. The lowest BCUT2D eigenvalue weighted by Gasteiger charge is -2.23. The summed E-state index contributed by atoms with van der Waals surface area (Å²) in [5.41, 5.74) is 6.89. The Morgan fingerprint density at radius 3 is 2.74 bits per heavy atom. The van der Waals surface area contributed by atoms with Crippen LogP contribution in [-0.2, 0) is 4.74 Å². The highest BCUT2D eigenvalue weighted by Gasteiger charge is 2.44. The van der Waals surface area contributed by atoms with E-state index in [-0.39, 0.29) is 5.95 Å². The number of aliphatic hydroxyl groups excluding tert-OH is 3. The minimum Gasteiger partial charge on any atom is -0.394 e. The molecule has 3 aliphatic rings. The number of nitrogens with one attached hydrogen (secondary N) is 1. The smallest absolute Gasteiger partial charge is 0.224 e. The molecule has 10 nitrogen and oxygen atoms in total. The molecule has 6 N–H and O–H groups in total. The van der Waals surface area contributed by atoms with Crippen molar-refractivity contribution in [3.05, 3.63) is 6.33 Å². The van der Waals surface area contributed by atoms with Gasteiger partial charge in [0.1, 0.15) is 18.3 Å². The summed E-state index contributed by atoms with van der Waals surface area (Å²) in [5.74, 6) is 2.13. The number of rotatable bonds is 4. The fourth-order valence-electron chi connectivity index (χ4n) is 4.93. The molecule has 10 heteroatoms. The van der Waals surface area contributed by atoms with Crippen LogP contribution in [0.4, 0.5) is 11.8 Å². The largest absolute Gasteiger partial charge is 0.394 e. The summed E-state index contributed by atoms with van der Waals surface area (Å²) in [6.07, 6.45) is 2.25. The van der Waals surface area contributed by atoms with Crippen LogP contribution in [0.1, 0.15) is 31.9 Å². The number of hydrogen-bond acceptors (Lipinski definition) is 9. The maximum atomic E-state index is 10.3. The molecule has 0 radical (unpaired) electrons. The monoisotopic (exact) mass is 376 g/mol. The molecule has 3 heterocycles. The van der Waals surface area contributed by atoms with Crippen LogP contribution < -0.4 is 11.1 Å². The summed E-state index contributed by atoms with van der Waals surface area (Å²) >= 11 is 0. The quantitative estimate of drug-likeness (QED) is 0.481. The highest BCUT2D eigenvalue weighted by atomic mass is 16.6. The van der Waals surface area contributed by atoms with E-state index in [0.29, 0.717) is 28.9 Å². The number of ether oxygens (including phenoxy) is 1. The number of imidazole rings is 1. The summed E-state index contributed by atoms with van der Waals surface area (Å²) in [5, 5.41) is 33.1. The van der Waals surface area contributed by atoms with E-state index in [2.05, 4.69) is 20.3 Å². The molecule has 1 aliphatic heterocycles. The molecule has 2 aromatic rings. The van der Waals surface area contributed by atoms with E-state index >= 15 is 0 Å². The molecule has 0 amide bonds. The van der Waals surface area contributed by atoms with Gasteiger partial charge in [-0.1, -0.05) is 6.42 Å². The van der Waals surface area contributed by atoms with E-state index < -0.39 is 31.1 Å². The summed E-state index contributed by atoms with van der Waals surface area (Å²) in [4.78, 5) is 13.0. The van der Waals surface area contributed by atoms with Crippen molar-refractivity contribution >= 4 is 22.9 Å². The fourth-order valence-corrected chi connectivity index (χ4v) is 4.93. The van der Waals surface area contributed by atoms with Gasteiger partial charge < -0.3 is 31.1 Å². The Bertz CT molecular complexity index is 859. The molecule has 3 fully saturated rings. The van der Waals surface area contributed by atoms with Gasteiger partial charge in [0.2, 0.25) is 5.95 Å². The number of nitrogen functional groups attached to an aromatic ring is 1. The Labute approximate surface area is 155 Å². The van der Waals surface area contributed by atoms with Crippen LogP contribution in [0.2, 0.25) is 0 Å². The molecule has 1 saturated heterocycles. The molecule has 2 aromatic heterocycles. The van der Waals surface area contributed by atoms with Crippen molar-refractivity contribution in [2.75, 3.05) is 17.7 Å². The zero-order chi connectivity index (χ0) is 18.7. The van der Waals surface area contributed by atoms with Crippen LogP contribution in [-0.4, -0.2) is 65.8 Å². The zero-order valence-corrected chi connectivity index (χ0v) is 14.8. The van der Waals surface area contributed by atoms with Crippen LogP contribution >= 0.6 is 0 Å². The molecule has 0 aromatic carbocycles. The normalized spacial score (nSPS) is 38.1. The number of anilines is 2. The van der Waals surface area contributed by atoms with E-state index in [1.807, 2.05) is 0 Å². The second-order valence-corrected chi connectivity index (χ2v) is 7.91. The Kier molecular flexibility index (Phi) is 3.97. The Hall–Kier alpha value is -2.01. The predicted molar refractivity (Wildman–Crippen MR) is 95.6 cm³/mol. The number of fused-ring (bicyclic) bond motifs is 3. The van der Waals surface area contributed by atoms with Crippen molar-refractivity contribution in [2.24, 2.45) is 11.8 Å². The lowest BCUT2D eigenvalue weighted by Crippen LogP contribution is -2.33. The lowest BCUT2D eigenvalue weighted by molar-refractivity contribution is -0.0511. The molecular weight excluding hydrogens is 352 g/mol. The minimum atomic E-state index is -1.21. The van der Waals surface area contributed by atoms with Crippen molar-refractivity contribution in [3.8, 4) is 0 Å². The standard InChI is InChI=1S/C17H24N6O4/c18-17-21-14(20-9-4-7-1-2-8(9)3-7)11-15(22-17)23(6-19-11)16-13(26)12(25)10(5-24)27-16/h6-10,12-13,16,24-26H,1-5H2,(H3,18,20,21,22)/t7?,8?,9?,10-,12+,13+,16-/m1/s1. The van der Waals surface area contributed by atoms with Gasteiger partial charge in [0.25, 0.3) is 0 Å². The third-order valence-corrected chi connectivity index (χ3v) is 6.29. The van der Waals surface area contributed by atoms with Gasteiger partial charge in [-0.2, -0.15) is 9.97 Å². The summed E-state index contributed by atoms with van der Waals surface area (Å²) in [6, 6.07) is 0.361. The molecule has 2 saturated carbocycles. The van der Waals surface area contributed by atoms with Crippen molar-refractivity contribution < 1.29 is 20.1 Å². The predicted octanol–water partition coefficient (Wildman–Crippen LogP) is -0.380. The van der Waals surface area contributed by atoms with Gasteiger partial charge in [-0.05, 0) is 31.1 Å². The third-order valence-electron chi connectivity index (χ3n) is 6.29. The molecule has 2 aliphatic carbocycles. The first-order valence-electron chi connectivity index (χ1n) is 9.44. The third kappa shape index (κ3) is 2.66.